The Labute approximate surface area is 131 Å². The largest absolute Gasteiger partial charge is 0.389 e. The summed E-state index contributed by atoms with van der Waals surface area (Å²) in [7, 11) is 2.21. The van der Waals surface area contributed by atoms with Crippen LogP contribution >= 0.6 is 0 Å². The van der Waals surface area contributed by atoms with Crippen molar-refractivity contribution in [2.45, 2.75) is 82.8 Å². The Morgan fingerprint density at radius 1 is 1.10 bits per heavy atom. The molecule has 2 rings (SSSR count). The van der Waals surface area contributed by atoms with Crippen LogP contribution in [0.15, 0.2) is 0 Å². The van der Waals surface area contributed by atoms with Gasteiger partial charge in [-0.25, -0.2) is 0 Å². The van der Waals surface area contributed by atoms with Crippen molar-refractivity contribution in [3.63, 3.8) is 0 Å². The first-order chi connectivity index (χ1) is 10.1. The highest BCUT2D eigenvalue weighted by atomic mass is 16.3. The van der Waals surface area contributed by atoms with Gasteiger partial charge in [-0.3, -0.25) is 0 Å². The Balaban J connectivity index is 1.84. The fourth-order valence-corrected chi connectivity index (χ4v) is 4.36. The molecule has 2 unspecified atom stereocenters. The van der Waals surface area contributed by atoms with Crippen molar-refractivity contribution in [3.05, 3.63) is 0 Å². The Hall–Kier alpha value is -0.120. The summed E-state index contributed by atoms with van der Waals surface area (Å²) in [6.45, 7) is 5.41. The van der Waals surface area contributed by atoms with E-state index in [2.05, 4.69) is 24.2 Å². The molecule has 3 nitrogen and oxygen atoms in total. The summed E-state index contributed by atoms with van der Waals surface area (Å²) >= 11 is 0. The predicted octanol–water partition coefficient (Wildman–Crippen LogP) is 3.17. The molecular weight excluding hydrogens is 260 g/mol. The van der Waals surface area contributed by atoms with Gasteiger partial charge < -0.3 is 15.3 Å². The smallest absolute Gasteiger partial charge is 0.0774 e. The summed E-state index contributed by atoms with van der Waals surface area (Å²) < 4.78 is 0. The highest BCUT2D eigenvalue weighted by Gasteiger charge is 2.33. The molecule has 3 heteroatoms. The van der Waals surface area contributed by atoms with Crippen molar-refractivity contribution in [1.82, 2.24) is 10.2 Å². The quantitative estimate of drug-likeness (QED) is 0.708. The molecule has 0 aromatic rings. The first-order valence-electron chi connectivity index (χ1n) is 9.27. The summed E-state index contributed by atoms with van der Waals surface area (Å²) in [6, 6.07) is 0.688. The van der Waals surface area contributed by atoms with Gasteiger partial charge in [0, 0.05) is 19.1 Å². The van der Waals surface area contributed by atoms with Gasteiger partial charge in [0.1, 0.15) is 0 Å². The molecule has 0 aliphatic heterocycles. The van der Waals surface area contributed by atoms with Crippen LogP contribution in [0.4, 0.5) is 0 Å². The lowest BCUT2D eigenvalue weighted by atomic mass is 9.93. The number of aliphatic hydroxyl groups is 1. The maximum Gasteiger partial charge on any atom is 0.0774 e. The van der Waals surface area contributed by atoms with Gasteiger partial charge in [0.2, 0.25) is 0 Å². The molecule has 2 aliphatic carbocycles. The molecule has 0 spiro atoms. The molecule has 2 N–H and O–H groups in total. The van der Waals surface area contributed by atoms with Crippen molar-refractivity contribution in [2.75, 3.05) is 26.7 Å². The highest BCUT2D eigenvalue weighted by Crippen LogP contribution is 2.31. The van der Waals surface area contributed by atoms with Crippen molar-refractivity contribution in [3.8, 4) is 0 Å². The van der Waals surface area contributed by atoms with Crippen LogP contribution in [0.5, 0.6) is 0 Å². The molecular formula is C18H36N2O. The number of rotatable bonds is 7. The first-order valence-corrected chi connectivity index (χ1v) is 9.27. The van der Waals surface area contributed by atoms with Crippen LogP contribution < -0.4 is 5.32 Å². The van der Waals surface area contributed by atoms with Gasteiger partial charge in [-0.15, -0.1) is 0 Å². The molecule has 0 radical (unpaired) electrons. The van der Waals surface area contributed by atoms with Gasteiger partial charge >= 0.3 is 0 Å². The van der Waals surface area contributed by atoms with Crippen molar-refractivity contribution < 1.29 is 5.11 Å². The zero-order chi connectivity index (χ0) is 15.1. The normalized spacial score (nSPS) is 29.7. The summed E-state index contributed by atoms with van der Waals surface area (Å²) in [5, 5.41) is 14.4. The first kappa shape index (κ1) is 17.2. The van der Waals surface area contributed by atoms with E-state index >= 15 is 0 Å². The number of nitrogens with one attached hydrogen (secondary N) is 1. The van der Waals surface area contributed by atoms with Gasteiger partial charge in [-0.1, -0.05) is 39.0 Å². The predicted molar refractivity (Wildman–Crippen MR) is 89.6 cm³/mol. The molecule has 0 aromatic carbocycles. The van der Waals surface area contributed by atoms with E-state index in [0.29, 0.717) is 6.04 Å². The van der Waals surface area contributed by atoms with E-state index in [9.17, 15) is 5.11 Å². The molecule has 2 atom stereocenters. The van der Waals surface area contributed by atoms with E-state index in [1.54, 1.807) is 0 Å². The van der Waals surface area contributed by atoms with E-state index in [0.717, 1.165) is 38.4 Å². The zero-order valence-electron chi connectivity index (χ0n) is 14.2. The van der Waals surface area contributed by atoms with E-state index < -0.39 is 5.60 Å². The molecule has 124 valence electrons. The molecule has 2 saturated carbocycles. The molecule has 0 heterocycles. The van der Waals surface area contributed by atoms with Crippen LogP contribution in [-0.2, 0) is 0 Å². The third-order valence-electron chi connectivity index (χ3n) is 5.46. The Kier molecular flexibility index (Phi) is 6.97. The van der Waals surface area contributed by atoms with Crippen LogP contribution in [0, 0.1) is 5.92 Å². The summed E-state index contributed by atoms with van der Waals surface area (Å²) in [4.78, 5) is 2.40. The van der Waals surface area contributed by atoms with Crippen molar-refractivity contribution in [2.24, 2.45) is 5.92 Å². The molecule has 2 fully saturated rings. The molecule has 0 bridgehead atoms. The summed E-state index contributed by atoms with van der Waals surface area (Å²) in [5.41, 5.74) is -0.397. The Bertz CT molecular complexity index is 289. The van der Waals surface area contributed by atoms with Crippen LogP contribution in [0.25, 0.3) is 0 Å². The second-order valence-electron chi connectivity index (χ2n) is 7.59. The topological polar surface area (TPSA) is 35.5 Å². The average molecular weight is 296 g/mol. The van der Waals surface area contributed by atoms with Crippen LogP contribution in [0.3, 0.4) is 0 Å². The molecule has 21 heavy (non-hydrogen) atoms. The van der Waals surface area contributed by atoms with Gasteiger partial charge in [-0.2, -0.15) is 0 Å². The molecule has 0 aromatic heterocycles. The van der Waals surface area contributed by atoms with Gasteiger partial charge in [0.25, 0.3) is 0 Å². The summed E-state index contributed by atoms with van der Waals surface area (Å²) in [5.74, 6) is 0.758. The van der Waals surface area contributed by atoms with Crippen LogP contribution in [0.2, 0.25) is 0 Å². The molecule has 0 amide bonds. The molecule has 2 aliphatic rings. The fraction of sp³-hybridized carbons (Fsp3) is 1.00. The minimum absolute atomic E-state index is 0.397. The minimum atomic E-state index is -0.397. The van der Waals surface area contributed by atoms with E-state index in [1.165, 1.54) is 51.4 Å². The lowest BCUT2D eigenvalue weighted by molar-refractivity contribution is 0.0111. The zero-order valence-corrected chi connectivity index (χ0v) is 14.2. The fourth-order valence-electron chi connectivity index (χ4n) is 4.36. The summed E-state index contributed by atoms with van der Waals surface area (Å²) in [6.07, 6.45) is 12.5. The maximum atomic E-state index is 10.6. The Morgan fingerprint density at radius 2 is 1.81 bits per heavy atom. The van der Waals surface area contributed by atoms with Gasteiger partial charge in [0.05, 0.1) is 5.60 Å². The van der Waals surface area contributed by atoms with Crippen LogP contribution in [0.1, 0.15) is 71.1 Å². The van der Waals surface area contributed by atoms with E-state index in [-0.39, 0.29) is 0 Å². The Morgan fingerprint density at radius 3 is 2.52 bits per heavy atom. The highest BCUT2D eigenvalue weighted by molar-refractivity contribution is 4.88. The third kappa shape index (κ3) is 5.54. The van der Waals surface area contributed by atoms with Gasteiger partial charge in [0.15, 0.2) is 0 Å². The SMILES string of the molecule is CCCNC1CCCCCC1CN(C)CC1(O)CCCC1. The second kappa shape index (κ2) is 8.50. The monoisotopic (exact) mass is 296 g/mol. The lowest BCUT2D eigenvalue weighted by Gasteiger charge is -2.34. The van der Waals surface area contributed by atoms with Gasteiger partial charge in [-0.05, 0) is 51.6 Å². The van der Waals surface area contributed by atoms with Crippen LogP contribution in [-0.4, -0.2) is 48.3 Å². The standard InChI is InChI=1S/C18H36N2O/c1-3-13-19-17-10-6-4-5-9-16(17)14-20(2)15-18(21)11-7-8-12-18/h16-17,19,21H,3-15H2,1-2H3. The lowest BCUT2D eigenvalue weighted by Crippen LogP contribution is -2.45. The average Bonchev–Trinajstić information content (AvgIpc) is 2.74. The van der Waals surface area contributed by atoms with E-state index in [1.807, 2.05) is 0 Å². The van der Waals surface area contributed by atoms with Crippen molar-refractivity contribution in [1.29, 1.82) is 0 Å². The maximum absolute atomic E-state index is 10.6. The van der Waals surface area contributed by atoms with E-state index in [4.69, 9.17) is 0 Å². The second-order valence-corrected chi connectivity index (χ2v) is 7.59. The number of likely N-dealkylation sites (N-methyl/N-ethyl adjacent to an activating group) is 1. The molecule has 0 saturated heterocycles. The van der Waals surface area contributed by atoms with Crippen molar-refractivity contribution >= 4 is 0 Å². The number of hydrogen-bond donors (Lipinski definition) is 2. The minimum Gasteiger partial charge on any atom is -0.389 e. The number of nitrogens with zero attached hydrogens (tertiary/aromatic N) is 1. The number of hydrogen-bond acceptors (Lipinski definition) is 3. The third-order valence-corrected chi connectivity index (χ3v) is 5.46.